The van der Waals surface area contributed by atoms with Gasteiger partial charge in [0.2, 0.25) is 0 Å². The number of hydrogen-bond acceptors (Lipinski definition) is 3. The molecule has 1 aromatic heterocycles. The second-order valence-corrected chi connectivity index (χ2v) is 6.77. The van der Waals surface area contributed by atoms with Crippen molar-refractivity contribution in [2.45, 2.75) is 32.4 Å². The summed E-state index contributed by atoms with van der Waals surface area (Å²) in [7, 11) is 2.12. The maximum atomic E-state index is 6.03. The van der Waals surface area contributed by atoms with E-state index in [1.165, 1.54) is 16.8 Å². The number of thiophene rings is 1. The monoisotopic (exact) mass is 352 g/mol. The first-order valence-electron chi connectivity index (χ1n) is 6.86. The average molecular weight is 353 g/mol. The molecule has 0 radical (unpaired) electrons. The molecule has 1 heterocycles. The Kier molecular flexibility index (Phi) is 5.64. The van der Waals surface area contributed by atoms with Crippen molar-refractivity contribution in [3.05, 3.63) is 50.6 Å². The van der Waals surface area contributed by atoms with E-state index >= 15 is 0 Å². The quantitative estimate of drug-likeness (QED) is 0.833. The van der Waals surface area contributed by atoms with E-state index in [4.69, 9.17) is 5.73 Å². The van der Waals surface area contributed by atoms with Crippen LogP contribution in [0.15, 0.2) is 39.5 Å². The van der Waals surface area contributed by atoms with Gasteiger partial charge in [-0.15, -0.1) is 0 Å². The van der Waals surface area contributed by atoms with Crippen LogP contribution in [0.1, 0.15) is 24.5 Å². The van der Waals surface area contributed by atoms with Crippen molar-refractivity contribution < 1.29 is 0 Å². The Morgan fingerprint density at radius 2 is 2.15 bits per heavy atom. The summed E-state index contributed by atoms with van der Waals surface area (Å²) < 4.78 is 1.15. The first-order valence-corrected chi connectivity index (χ1v) is 8.60. The van der Waals surface area contributed by atoms with Crippen LogP contribution < -0.4 is 10.6 Å². The van der Waals surface area contributed by atoms with Crippen LogP contribution in [0.25, 0.3) is 0 Å². The van der Waals surface area contributed by atoms with E-state index in [1.54, 1.807) is 11.3 Å². The molecule has 2 N–H and O–H groups in total. The van der Waals surface area contributed by atoms with Crippen molar-refractivity contribution in [3.63, 3.8) is 0 Å². The van der Waals surface area contributed by atoms with E-state index in [1.807, 2.05) is 0 Å². The standard InChI is InChI=1S/C16H21BrN2S/c1-3-14(18)8-13-4-5-15(9-16(13)17)19(2)10-12-6-7-20-11-12/h4-7,9,11,14H,3,8,10,18H2,1-2H3. The van der Waals surface area contributed by atoms with Gasteiger partial charge in [-0.2, -0.15) is 11.3 Å². The first kappa shape index (κ1) is 15.5. The fraction of sp³-hybridized carbons (Fsp3) is 0.375. The van der Waals surface area contributed by atoms with Crippen LogP contribution in [-0.4, -0.2) is 13.1 Å². The van der Waals surface area contributed by atoms with Crippen molar-refractivity contribution in [2.75, 3.05) is 11.9 Å². The van der Waals surface area contributed by atoms with E-state index in [0.717, 1.165) is 23.9 Å². The van der Waals surface area contributed by atoms with Gasteiger partial charge in [-0.25, -0.2) is 0 Å². The fourth-order valence-corrected chi connectivity index (χ4v) is 3.30. The highest BCUT2D eigenvalue weighted by Gasteiger charge is 2.08. The zero-order chi connectivity index (χ0) is 14.5. The molecule has 2 aromatic rings. The topological polar surface area (TPSA) is 29.3 Å². The van der Waals surface area contributed by atoms with Crippen LogP contribution in [0.4, 0.5) is 5.69 Å². The highest BCUT2D eigenvalue weighted by atomic mass is 79.9. The third-order valence-electron chi connectivity index (χ3n) is 3.48. The lowest BCUT2D eigenvalue weighted by Crippen LogP contribution is -2.21. The third-order valence-corrected chi connectivity index (χ3v) is 4.95. The number of hydrogen-bond donors (Lipinski definition) is 1. The SMILES string of the molecule is CCC(N)Cc1ccc(N(C)Cc2ccsc2)cc1Br. The highest BCUT2D eigenvalue weighted by Crippen LogP contribution is 2.26. The molecule has 1 unspecified atom stereocenters. The van der Waals surface area contributed by atoms with E-state index in [0.29, 0.717) is 0 Å². The minimum atomic E-state index is 0.237. The van der Waals surface area contributed by atoms with E-state index in [2.05, 4.69) is 69.8 Å². The molecule has 2 rings (SSSR count). The van der Waals surface area contributed by atoms with Crippen molar-refractivity contribution in [1.29, 1.82) is 0 Å². The summed E-state index contributed by atoms with van der Waals surface area (Å²) >= 11 is 5.41. The predicted molar refractivity (Wildman–Crippen MR) is 92.5 cm³/mol. The molecular formula is C16H21BrN2S. The number of rotatable bonds is 6. The Hall–Kier alpha value is -0.840. The lowest BCUT2D eigenvalue weighted by molar-refractivity contribution is 0.645. The second kappa shape index (κ2) is 7.25. The molecule has 4 heteroatoms. The molecule has 0 aliphatic rings. The number of nitrogens with two attached hydrogens (primary N) is 1. The van der Waals surface area contributed by atoms with Gasteiger partial charge < -0.3 is 10.6 Å². The van der Waals surface area contributed by atoms with Crippen molar-refractivity contribution in [1.82, 2.24) is 0 Å². The summed E-state index contributed by atoms with van der Waals surface area (Å²) in [5.41, 5.74) is 9.89. The maximum absolute atomic E-state index is 6.03. The predicted octanol–water partition coefficient (Wildman–Crippen LogP) is 4.43. The van der Waals surface area contributed by atoms with E-state index in [-0.39, 0.29) is 6.04 Å². The molecule has 0 spiro atoms. The van der Waals surface area contributed by atoms with Crippen molar-refractivity contribution in [3.8, 4) is 0 Å². The van der Waals surface area contributed by atoms with Gasteiger partial charge in [-0.1, -0.05) is 28.9 Å². The van der Waals surface area contributed by atoms with Crippen molar-refractivity contribution >= 4 is 33.0 Å². The minimum Gasteiger partial charge on any atom is -0.370 e. The molecule has 0 bridgehead atoms. The molecule has 1 aromatic carbocycles. The highest BCUT2D eigenvalue weighted by molar-refractivity contribution is 9.10. The van der Waals surface area contributed by atoms with Gasteiger partial charge >= 0.3 is 0 Å². The normalized spacial score (nSPS) is 12.4. The summed E-state index contributed by atoms with van der Waals surface area (Å²) in [4.78, 5) is 2.26. The molecular weight excluding hydrogens is 332 g/mol. The molecule has 108 valence electrons. The van der Waals surface area contributed by atoms with Crippen LogP contribution >= 0.6 is 27.3 Å². The minimum absolute atomic E-state index is 0.237. The van der Waals surface area contributed by atoms with Gasteiger partial charge in [0.25, 0.3) is 0 Å². The molecule has 0 fully saturated rings. The Morgan fingerprint density at radius 1 is 1.35 bits per heavy atom. The lowest BCUT2D eigenvalue weighted by atomic mass is 10.0. The lowest BCUT2D eigenvalue weighted by Gasteiger charge is -2.20. The van der Waals surface area contributed by atoms with Gasteiger partial charge in [0.15, 0.2) is 0 Å². The Bertz CT molecular complexity index is 539. The van der Waals surface area contributed by atoms with E-state index in [9.17, 15) is 0 Å². The molecule has 2 nitrogen and oxygen atoms in total. The molecule has 20 heavy (non-hydrogen) atoms. The number of anilines is 1. The molecule has 0 saturated heterocycles. The van der Waals surface area contributed by atoms with Crippen LogP contribution in [0, 0.1) is 0 Å². The van der Waals surface area contributed by atoms with Crippen LogP contribution in [0.2, 0.25) is 0 Å². The number of benzene rings is 1. The van der Waals surface area contributed by atoms with Crippen molar-refractivity contribution in [2.24, 2.45) is 5.73 Å². The zero-order valence-electron chi connectivity index (χ0n) is 12.0. The molecule has 0 amide bonds. The summed E-state index contributed by atoms with van der Waals surface area (Å²) in [5.74, 6) is 0. The van der Waals surface area contributed by atoms with Gasteiger partial charge in [0.05, 0.1) is 0 Å². The Balaban J connectivity index is 2.08. The Morgan fingerprint density at radius 3 is 2.75 bits per heavy atom. The van der Waals surface area contributed by atoms with Gasteiger partial charge in [-0.3, -0.25) is 0 Å². The summed E-state index contributed by atoms with van der Waals surface area (Å²) in [5, 5.41) is 4.31. The Labute approximate surface area is 133 Å². The van der Waals surface area contributed by atoms with Gasteiger partial charge in [-0.05, 0) is 52.9 Å². The molecule has 0 aliphatic heterocycles. The summed E-state index contributed by atoms with van der Waals surface area (Å²) in [6, 6.07) is 8.95. The van der Waals surface area contributed by atoms with Gasteiger partial charge in [0.1, 0.15) is 0 Å². The fourth-order valence-electron chi connectivity index (χ4n) is 2.11. The van der Waals surface area contributed by atoms with Crippen LogP contribution in [-0.2, 0) is 13.0 Å². The molecule has 0 saturated carbocycles. The van der Waals surface area contributed by atoms with Gasteiger partial charge in [0, 0.05) is 29.8 Å². The summed E-state index contributed by atoms with van der Waals surface area (Å²) in [6.45, 7) is 3.06. The maximum Gasteiger partial charge on any atom is 0.0434 e. The smallest absolute Gasteiger partial charge is 0.0434 e. The number of halogens is 1. The van der Waals surface area contributed by atoms with E-state index < -0.39 is 0 Å². The summed E-state index contributed by atoms with van der Waals surface area (Å²) in [6.07, 6.45) is 1.93. The molecule has 1 atom stereocenters. The third kappa shape index (κ3) is 4.08. The zero-order valence-corrected chi connectivity index (χ0v) is 14.4. The average Bonchev–Trinajstić information content (AvgIpc) is 2.93. The first-order chi connectivity index (χ1) is 9.60. The van der Waals surface area contributed by atoms with Crippen LogP contribution in [0.5, 0.6) is 0 Å². The largest absolute Gasteiger partial charge is 0.370 e. The second-order valence-electron chi connectivity index (χ2n) is 5.14. The number of nitrogens with zero attached hydrogens (tertiary/aromatic N) is 1. The van der Waals surface area contributed by atoms with Crippen LogP contribution in [0.3, 0.4) is 0 Å². The molecule has 0 aliphatic carbocycles.